The number of ether oxygens (including phenoxy) is 1. The number of nitrogen functional groups attached to an aromatic ring is 1. The summed E-state index contributed by atoms with van der Waals surface area (Å²) in [6.45, 7) is 3.84. The minimum absolute atomic E-state index is 0.0236. The third-order valence-corrected chi connectivity index (χ3v) is 5.38. The van der Waals surface area contributed by atoms with E-state index in [0.29, 0.717) is 23.4 Å². The minimum atomic E-state index is -4.69. The Labute approximate surface area is 192 Å². The molecule has 0 amide bonds. The van der Waals surface area contributed by atoms with Gasteiger partial charge in [0.1, 0.15) is 11.9 Å². The van der Waals surface area contributed by atoms with E-state index in [-0.39, 0.29) is 34.9 Å². The first kappa shape index (κ1) is 23.3. The fourth-order valence-corrected chi connectivity index (χ4v) is 3.82. The number of pyridine rings is 1. The van der Waals surface area contributed by atoms with E-state index >= 15 is 0 Å². The Balaban J connectivity index is 2.03. The van der Waals surface area contributed by atoms with Gasteiger partial charge in [-0.3, -0.25) is 4.99 Å². The number of halogens is 4. The van der Waals surface area contributed by atoms with Gasteiger partial charge in [0, 0.05) is 36.0 Å². The average molecular weight is 474 g/mol. The van der Waals surface area contributed by atoms with Crippen LogP contribution in [0.15, 0.2) is 53.3 Å². The summed E-state index contributed by atoms with van der Waals surface area (Å²) in [5.41, 5.74) is 12.9. The van der Waals surface area contributed by atoms with Gasteiger partial charge >= 0.3 is 6.18 Å². The van der Waals surface area contributed by atoms with E-state index in [1.54, 1.807) is 13.0 Å². The van der Waals surface area contributed by atoms with Crippen LogP contribution in [0.4, 0.5) is 23.4 Å². The van der Waals surface area contributed by atoms with Gasteiger partial charge in [0.15, 0.2) is 17.3 Å². The standard InChI is InChI=1S/C23H22F4N6O/c1-3-30-21-13(10-28)6-16-9-20(23(25,26)27)32-33(16)18-5-4-15(24)8-17(18)12(2)34-19-7-14(21)11-31-22(19)29/h4-5,7-12H,3,6,28H2,1-2H3,(H2,29,31)/t12-/m1/s1. The fourth-order valence-electron chi connectivity index (χ4n) is 3.82. The van der Waals surface area contributed by atoms with Crippen molar-refractivity contribution in [2.24, 2.45) is 10.7 Å². The predicted octanol–water partition coefficient (Wildman–Crippen LogP) is 4.36. The van der Waals surface area contributed by atoms with Crippen molar-refractivity contribution in [3.63, 3.8) is 0 Å². The summed E-state index contributed by atoms with van der Waals surface area (Å²) < 4.78 is 62.2. The maximum atomic E-state index is 14.2. The number of fused-ring (bicyclic) bond motifs is 5. The second kappa shape index (κ2) is 8.81. The largest absolute Gasteiger partial charge is 0.482 e. The van der Waals surface area contributed by atoms with Crippen molar-refractivity contribution in [1.29, 1.82) is 0 Å². The zero-order chi connectivity index (χ0) is 24.6. The lowest BCUT2D eigenvalue weighted by Gasteiger charge is -2.22. The second-order valence-corrected chi connectivity index (χ2v) is 7.69. The fraction of sp³-hybridized carbons (Fsp3) is 0.261. The molecule has 1 aromatic carbocycles. The molecule has 34 heavy (non-hydrogen) atoms. The molecule has 2 bridgehead atoms. The van der Waals surface area contributed by atoms with Gasteiger partial charge in [-0.05, 0) is 56.0 Å². The summed E-state index contributed by atoms with van der Waals surface area (Å²) in [6, 6.07) is 6.29. The molecule has 0 radical (unpaired) electrons. The van der Waals surface area contributed by atoms with Crippen LogP contribution in [-0.4, -0.2) is 27.0 Å². The van der Waals surface area contributed by atoms with Crippen LogP contribution in [0, 0.1) is 5.82 Å². The van der Waals surface area contributed by atoms with Crippen molar-refractivity contribution in [2.45, 2.75) is 32.5 Å². The molecule has 1 atom stereocenters. The van der Waals surface area contributed by atoms with Crippen molar-refractivity contribution in [2.75, 3.05) is 12.3 Å². The normalized spacial score (nSPS) is 18.6. The van der Waals surface area contributed by atoms with Crippen molar-refractivity contribution >= 4 is 11.5 Å². The second-order valence-electron chi connectivity index (χ2n) is 7.69. The molecule has 4 rings (SSSR count). The molecular weight excluding hydrogens is 452 g/mol. The van der Waals surface area contributed by atoms with Crippen molar-refractivity contribution in [3.8, 4) is 11.4 Å². The topological polar surface area (TPSA) is 104 Å². The Morgan fingerprint density at radius 3 is 2.71 bits per heavy atom. The number of nitrogens with two attached hydrogens (primary N) is 2. The van der Waals surface area contributed by atoms with Crippen LogP contribution in [0.5, 0.6) is 5.75 Å². The Bertz CT molecular complexity index is 1300. The van der Waals surface area contributed by atoms with Gasteiger partial charge in [-0.25, -0.2) is 14.1 Å². The number of anilines is 1. The highest BCUT2D eigenvalue weighted by molar-refractivity contribution is 6.13. The van der Waals surface area contributed by atoms with E-state index < -0.39 is 23.8 Å². The Kier molecular flexibility index (Phi) is 6.03. The first-order valence-electron chi connectivity index (χ1n) is 10.5. The Morgan fingerprint density at radius 1 is 1.26 bits per heavy atom. The minimum Gasteiger partial charge on any atom is -0.482 e. The van der Waals surface area contributed by atoms with E-state index in [1.807, 2.05) is 6.92 Å². The highest BCUT2D eigenvalue weighted by Gasteiger charge is 2.36. The highest BCUT2D eigenvalue weighted by Crippen LogP contribution is 2.35. The SMILES string of the molecule is CCN=C1C(=CN)Cc2cc(C(F)(F)F)nn2-c2ccc(F)cc2[C@@H](C)Oc2cc1cnc2N. The third-order valence-electron chi connectivity index (χ3n) is 5.38. The molecule has 0 saturated carbocycles. The molecule has 2 aromatic heterocycles. The number of aliphatic imine (C=N–C) groups is 1. The number of benzene rings is 1. The van der Waals surface area contributed by atoms with E-state index in [9.17, 15) is 17.6 Å². The van der Waals surface area contributed by atoms with Crippen molar-refractivity contribution < 1.29 is 22.3 Å². The van der Waals surface area contributed by atoms with E-state index in [0.717, 1.165) is 16.8 Å². The molecule has 4 N–H and O–H groups in total. The van der Waals surface area contributed by atoms with Gasteiger partial charge in [0.25, 0.3) is 0 Å². The van der Waals surface area contributed by atoms with Gasteiger partial charge in [-0.1, -0.05) is 0 Å². The van der Waals surface area contributed by atoms with Crippen molar-refractivity contribution in [1.82, 2.24) is 14.8 Å². The molecule has 0 unspecified atom stereocenters. The third kappa shape index (κ3) is 4.33. The van der Waals surface area contributed by atoms with Crippen LogP contribution in [0.25, 0.3) is 5.69 Å². The molecule has 0 spiro atoms. The maximum absolute atomic E-state index is 14.2. The van der Waals surface area contributed by atoms with Gasteiger partial charge in [-0.15, -0.1) is 0 Å². The summed E-state index contributed by atoms with van der Waals surface area (Å²) >= 11 is 0. The smallest absolute Gasteiger partial charge is 0.435 e. The molecule has 178 valence electrons. The van der Waals surface area contributed by atoms with Gasteiger partial charge < -0.3 is 16.2 Å². The number of rotatable bonds is 1. The Hall–Kier alpha value is -3.89. The van der Waals surface area contributed by atoms with Crippen LogP contribution in [0.2, 0.25) is 0 Å². The lowest BCUT2D eigenvalue weighted by atomic mass is 9.99. The molecule has 0 fully saturated rings. The van der Waals surface area contributed by atoms with Gasteiger partial charge in [-0.2, -0.15) is 18.3 Å². The molecule has 11 heteroatoms. The Morgan fingerprint density at radius 2 is 2.03 bits per heavy atom. The lowest BCUT2D eigenvalue weighted by molar-refractivity contribution is -0.141. The summed E-state index contributed by atoms with van der Waals surface area (Å²) in [4.78, 5) is 8.68. The average Bonchev–Trinajstić information content (AvgIpc) is 3.21. The summed E-state index contributed by atoms with van der Waals surface area (Å²) in [5.74, 6) is -0.262. The number of hydrogen-bond donors (Lipinski definition) is 2. The van der Waals surface area contributed by atoms with Crippen molar-refractivity contribution in [3.05, 3.63) is 76.6 Å². The van der Waals surface area contributed by atoms with Crippen LogP contribution in [0.3, 0.4) is 0 Å². The summed E-state index contributed by atoms with van der Waals surface area (Å²) in [5, 5.41) is 3.81. The molecule has 7 nitrogen and oxygen atoms in total. The number of alkyl halides is 3. The zero-order valence-electron chi connectivity index (χ0n) is 18.4. The molecule has 0 saturated heterocycles. The van der Waals surface area contributed by atoms with E-state index in [1.165, 1.54) is 24.5 Å². The van der Waals surface area contributed by atoms with E-state index in [4.69, 9.17) is 16.2 Å². The summed E-state index contributed by atoms with van der Waals surface area (Å²) in [7, 11) is 0. The molecule has 0 aliphatic carbocycles. The van der Waals surface area contributed by atoms with Gasteiger partial charge in [0.05, 0.1) is 11.4 Å². The first-order valence-corrected chi connectivity index (χ1v) is 10.5. The quantitative estimate of drug-likeness (QED) is 0.510. The molecular formula is C23H22F4N6O. The molecule has 3 aromatic rings. The molecule has 1 aliphatic heterocycles. The van der Waals surface area contributed by atoms with Gasteiger partial charge in [0.2, 0.25) is 0 Å². The van der Waals surface area contributed by atoms with Crippen LogP contribution in [-0.2, 0) is 12.6 Å². The van der Waals surface area contributed by atoms with Crippen LogP contribution >= 0.6 is 0 Å². The lowest BCUT2D eigenvalue weighted by Crippen LogP contribution is -2.17. The van der Waals surface area contributed by atoms with Crippen LogP contribution < -0.4 is 16.2 Å². The molecule has 3 heterocycles. The number of allylic oxidation sites excluding steroid dienone is 1. The first-order chi connectivity index (χ1) is 16.1. The number of nitrogens with zero attached hydrogens (tertiary/aromatic N) is 4. The predicted molar refractivity (Wildman–Crippen MR) is 119 cm³/mol. The van der Waals surface area contributed by atoms with Crippen LogP contribution in [0.1, 0.15) is 42.5 Å². The monoisotopic (exact) mass is 474 g/mol. The molecule has 1 aliphatic rings. The zero-order valence-corrected chi connectivity index (χ0v) is 18.4. The summed E-state index contributed by atoms with van der Waals surface area (Å²) in [6.07, 6.45) is -2.73. The number of hydrogen-bond acceptors (Lipinski definition) is 6. The highest BCUT2D eigenvalue weighted by atomic mass is 19.4. The number of aromatic nitrogens is 3. The maximum Gasteiger partial charge on any atom is 0.435 e. The van der Waals surface area contributed by atoms with E-state index in [2.05, 4.69) is 15.1 Å².